The maximum Gasteiger partial charge on any atom is 0.0946 e. The van der Waals surface area contributed by atoms with Gasteiger partial charge in [-0.15, -0.1) is 0 Å². The van der Waals surface area contributed by atoms with Crippen molar-refractivity contribution in [2.75, 3.05) is 26.0 Å². The molecule has 108 valence electrons. The lowest BCUT2D eigenvalue weighted by atomic mass is 10.1. The second kappa shape index (κ2) is 6.80. The van der Waals surface area contributed by atoms with E-state index in [4.69, 9.17) is 27.9 Å². The van der Waals surface area contributed by atoms with E-state index in [0.29, 0.717) is 16.6 Å². The molecule has 1 aromatic rings. The summed E-state index contributed by atoms with van der Waals surface area (Å²) in [7, 11) is 3.48. The van der Waals surface area contributed by atoms with Gasteiger partial charge in [0.05, 0.1) is 21.8 Å². The van der Waals surface area contributed by atoms with E-state index in [-0.39, 0.29) is 11.6 Å². The molecular weight excluding hydrogens is 283 g/mol. The lowest BCUT2D eigenvalue weighted by molar-refractivity contribution is 0.0959. The molecule has 0 aliphatic rings. The summed E-state index contributed by atoms with van der Waals surface area (Å²) in [5, 5.41) is 7.60. The van der Waals surface area contributed by atoms with Crippen LogP contribution in [0.2, 0.25) is 10.0 Å². The second-order valence-electron chi connectivity index (χ2n) is 5.46. The average Bonchev–Trinajstić information content (AvgIpc) is 2.28. The lowest BCUT2D eigenvalue weighted by Gasteiger charge is -2.25. The molecule has 0 saturated carbocycles. The SMILES string of the molecule is CNc1c(Cl)cc(C(CNC(C)(C)C)OC)cc1Cl. The van der Waals surface area contributed by atoms with Gasteiger partial charge in [0.2, 0.25) is 0 Å². The van der Waals surface area contributed by atoms with Crippen LogP contribution in [0.15, 0.2) is 12.1 Å². The highest BCUT2D eigenvalue weighted by atomic mass is 35.5. The van der Waals surface area contributed by atoms with Crippen LogP contribution in [-0.4, -0.2) is 26.2 Å². The molecule has 2 N–H and O–H groups in total. The molecule has 0 aliphatic carbocycles. The molecule has 1 aromatic carbocycles. The minimum Gasteiger partial charge on any atom is -0.386 e. The molecule has 0 heterocycles. The summed E-state index contributed by atoms with van der Waals surface area (Å²) in [6.07, 6.45) is -0.0832. The van der Waals surface area contributed by atoms with Gasteiger partial charge in [0.15, 0.2) is 0 Å². The van der Waals surface area contributed by atoms with Gasteiger partial charge < -0.3 is 15.4 Å². The highest BCUT2D eigenvalue weighted by molar-refractivity contribution is 6.39. The van der Waals surface area contributed by atoms with Crippen molar-refractivity contribution in [3.05, 3.63) is 27.7 Å². The van der Waals surface area contributed by atoms with Crippen molar-refractivity contribution in [2.45, 2.75) is 32.4 Å². The standard InChI is InChI=1S/C14H22Cl2N2O/c1-14(2,3)18-8-12(19-5)9-6-10(15)13(17-4)11(16)7-9/h6-7,12,17-18H,8H2,1-5H3. The van der Waals surface area contributed by atoms with Crippen molar-refractivity contribution in [3.8, 4) is 0 Å². The molecule has 5 heteroatoms. The lowest BCUT2D eigenvalue weighted by Crippen LogP contribution is -2.38. The van der Waals surface area contributed by atoms with E-state index in [1.54, 1.807) is 14.2 Å². The zero-order valence-corrected chi connectivity index (χ0v) is 13.6. The van der Waals surface area contributed by atoms with Gasteiger partial charge in [0, 0.05) is 26.2 Å². The Hall–Kier alpha value is -0.480. The first kappa shape index (κ1) is 16.6. The molecule has 0 fully saturated rings. The third kappa shape index (κ3) is 4.84. The van der Waals surface area contributed by atoms with Crippen LogP contribution < -0.4 is 10.6 Å². The van der Waals surface area contributed by atoms with E-state index < -0.39 is 0 Å². The fourth-order valence-corrected chi connectivity index (χ4v) is 2.45. The molecule has 3 nitrogen and oxygen atoms in total. The predicted molar refractivity (Wildman–Crippen MR) is 83.5 cm³/mol. The number of anilines is 1. The first-order valence-electron chi connectivity index (χ1n) is 6.23. The van der Waals surface area contributed by atoms with Crippen LogP contribution in [0.5, 0.6) is 0 Å². The molecule has 0 spiro atoms. The van der Waals surface area contributed by atoms with Crippen molar-refractivity contribution in [2.24, 2.45) is 0 Å². The summed E-state index contributed by atoms with van der Waals surface area (Å²) in [6.45, 7) is 7.04. The van der Waals surface area contributed by atoms with Crippen LogP contribution >= 0.6 is 23.2 Å². The molecule has 0 amide bonds. The maximum atomic E-state index is 6.20. The number of methoxy groups -OCH3 is 1. The van der Waals surface area contributed by atoms with Gasteiger partial charge in [-0.2, -0.15) is 0 Å². The Morgan fingerprint density at radius 1 is 1.21 bits per heavy atom. The van der Waals surface area contributed by atoms with E-state index in [1.807, 2.05) is 12.1 Å². The monoisotopic (exact) mass is 304 g/mol. The van der Waals surface area contributed by atoms with Crippen molar-refractivity contribution in [3.63, 3.8) is 0 Å². The predicted octanol–water partition coefficient (Wildman–Crippen LogP) is 4.11. The van der Waals surface area contributed by atoms with Crippen LogP contribution in [0.3, 0.4) is 0 Å². The Labute approximate surface area is 125 Å². The molecule has 0 aliphatic heterocycles. The molecule has 1 rings (SSSR count). The first-order chi connectivity index (χ1) is 8.78. The molecule has 0 radical (unpaired) electrons. The van der Waals surface area contributed by atoms with Gasteiger partial charge in [0.25, 0.3) is 0 Å². The Morgan fingerprint density at radius 2 is 1.74 bits per heavy atom. The van der Waals surface area contributed by atoms with E-state index in [2.05, 4.69) is 31.4 Å². The normalized spacial score (nSPS) is 13.4. The first-order valence-corrected chi connectivity index (χ1v) is 6.98. The number of halogens is 2. The Bertz CT molecular complexity index is 407. The fourth-order valence-electron chi connectivity index (χ4n) is 1.75. The summed E-state index contributed by atoms with van der Waals surface area (Å²) in [6, 6.07) is 3.77. The van der Waals surface area contributed by atoms with Crippen LogP contribution in [0.25, 0.3) is 0 Å². The molecule has 19 heavy (non-hydrogen) atoms. The quantitative estimate of drug-likeness (QED) is 0.859. The maximum absolute atomic E-state index is 6.20. The zero-order valence-electron chi connectivity index (χ0n) is 12.1. The number of nitrogens with one attached hydrogen (secondary N) is 2. The number of hydrogen-bond donors (Lipinski definition) is 2. The number of hydrogen-bond acceptors (Lipinski definition) is 3. The summed E-state index contributed by atoms with van der Waals surface area (Å²) >= 11 is 12.4. The molecule has 0 aromatic heterocycles. The third-order valence-corrected chi connectivity index (χ3v) is 3.38. The summed E-state index contributed by atoms with van der Waals surface area (Å²) in [5.74, 6) is 0. The van der Waals surface area contributed by atoms with E-state index >= 15 is 0 Å². The zero-order chi connectivity index (χ0) is 14.6. The smallest absolute Gasteiger partial charge is 0.0946 e. The number of ether oxygens (including phenoxy) is 1. The highest BCUT2D eigenvalue weighted by Crippen LogP contribution is 2.34. The highest BCUT2D eigenvalue weighted by Gasteiger charge is 2.17. The van der Waals surface area contributed by atoms with Crippen molar-refractivity contribution >= 4 is 28.9 Å². The van der Waals surface area contributed by atoms with E-state index in [9.17, 15) is 0 Å². The Morgan fingerprint density at radius 3 is 2.11 bits per heavy atom. The van der Waals surface area contributed by atoms with E-state index in [0.717, 1.165) is 11.3 Å². The average molecular weight is 305 g/mol. The van der Waals surface area contributed by atoms with Crippen LogP contribution in [0, 0.1) is 0 Å². The van der Waals surface area contributed by atoms with Crippen molar-refractivity contribution < 1.29 is 4.74 Å². The van der Waals surface area contributed by atoms with Crippen LogP contribution in [0.4, 0.5) is 5.69 Å². The fraction of sp³-hybridized carbons (Fsp3) is 0.571. The Balaban J connectivity index is 2.93. The largest absolute Gasteiger partial charge is 0.386 e. The molecule has 0 saturated heterocycles. The minimum atomic E-state index is -0.0832. The van der Waals surface area contributed by atoms with Gasteiger partial charge in [-0.3, -0.25) is 0 Å². The second-order valence-corrected chi connectivity index (χ2v) is 6.28. The van der Waals surface area contributed by atoms with Crippen LogP contribution in [-0.2, 0) is 4.74 Å². The summed E-state index contributed by atoms with van der Waals surface area (Å²) in [4.78, 5) is 0. The minimum absolute atomic E-state index is 0.0370. The van der Waals surface area contributed by atoms with Crippen molar-refractivity contribution in [1.29, 1.82) is 0 Å². The van der Waals surface area contributed by atoms with Gasteiger partial charge in [0.1, 0.15) is 0 Å². The van der Waals surface area contributed by atoms with Crippen molar-refractivity contribution in [1.82, 2.24) is 5.32 Å². The van der Waals surface area contributed by atoms with Gasteiger partial charge in [-0.25, -0.2) is 0 Å². The van der Waals surface area contributed by atoms with Crippen LogP contribution in [0.1, 0.15) is 32.4 Å². The molecule has 1 unspecified atom stereocenters. The topological polar surface area (TPSA) is 33.3 Å². The summed E-state index contributed by atoms with van der Waals surface area (Å²) in [5.41, 5.74) is 1.74. The van der Waals surface area contributed by atoms with Gasteiger partial charge in [-0.1, -0.05) is 23.2 Å². The molecular formula is C14H22Cl2N2O. The van der Waals surface area contributed by atoms with E-state index in [1.165, 1.54) is 0 Å². The summed E-state index contributed by atoms with van der Waals surface area (Å²) < 4.78 is 5.52. The number of benzene rings is 1. The Kier molecular flexibility index (Phi) is 5.93. The van der Waals surface area contributed by atoms with Gasteiger partial charge in [-0.05, 0) is 38.5 Å². The van der Waals surface area contributed by atoms with Gasteiger partial charge >= 0.3 is 0 Å². The number of rotatable bonds is 5. The molecule has 1 atom stereocenters. The third-order valence-electron chi connectivity index (χ3n) is 2.79. The molecule has 0 bridgehead atoms.